The molecule has 2 aromatic carbocycles. The summed E-state index contributed by atoms with van der Waals surface area (Å²) in [6.45, 7) is 2.29. The van der Waals surface area contributed by atoms with E-state index < -0.39 is 16.1 Å². The summed E-state index contributed by atoms with van der Waals surface area (Å²) in [6.07, 6.45) is 2.06. The van der Waals surface area contributed by atoms with Gasteiger partial charge in [0, 0.05) is 23.2 Å². The Morgan fingerprint density at radius 1 is 1.13 bits per heavy atom. The molecule has 1 saturated heterocycles. The van der Waals surface area contributed by atoms with Crippen LogP contribution in [0.25, 0.3) is 11.3 Å². The molecule has 0 bridgehead atoms. The molecule has 0 radical (unpaired) electrons. The van der Waals surface area contributed by atoms with Crippen LogP contribution in [-0.2, 0) is 14.8 Å². The molecule has 0 aliphatic carbocycles. The minimum atomic E-state index is -3.73. The normalized spacial score (nSPS) is 17.6. The summed E-state index contributed by atoms with van der Waals surface area (Å²) < 4.78 is 27.6. The quantitative estimate of drug-likeness (QED) is 0.640. The van der Waals surface area contributed by atoms with Crippen molar-refractivity contribution in [3.05, 3.63) is 65.0 Å². The van der Waals surface area contributed by atoms with E-state index in [4.69, 9.17) is 0 Å². The molecule has 6 nitrogen and oxygen atoms in total. The summed E-state index contributed by atoms with van der Waals surface area (Å²) in [5.41, 5.74) is 2.40. The van der Waals surface area contributed by atoms with Gasteiger partial charge in [0.05, 0.1) is 15.6 Å². The zero-order valence-corrected chi connectivity index (χ0v) is 18.2. The van der Waals surface area contributed by atoms with E-state index in [0.29, 0.717) is 18.7 Å². The van der Waals surface area contributed by atoms with Crippen LogP contribution in [0.5, 0.6) is 0 Å². The molecule has 156 valence electrons. The third-order valence-electron chi connectivity index (χ3n) is 5.15. The van der Waals surface area contributed by atoms with Crippen LogP contribution in [0.1, 0.15) is 24.3 Å². The van der Waals surface area contributed by atoms with Gasteiger partial charge in [0.25, 0.3) is 0 Å². The van der Waals surface area contributed by atoms with Crippen LogP contribution in [0.2, 0.25) is 0 Å². The van der Waals surface area contributed by atoms with E-state index in [1.165, 1.54) is 4.31 Å². The van der Waals surface area contributed by atoms with E-state index in [-0.39, 0.29) is 10.8 Å². The topological polar surface area (TPSA) is 79.4 Å². The molecule has 3 aromatic rings. The van der Waals surface area contributed by atoms with E-state index in [2.05, 4.69) is 10.3 Å². The van der Waals surface area contributed by atoms with E-state index in [1.54, 1.807) is 47.7 Å². The second-order valence-corrected chi connectivity index (χ2v) is 10.2. The monoisotopic (exact) mass is 441 g/mol. The zero-order chi connectivity index (χ0) is 21.1. The third-order valence-corrected chi connectivity index (χ3v) is 7.85. The van der Waals surface area contributed by atoms with Crippen molar-refractivity contribution < 1.29 is 13.2 Å². The number of amides is 1. The van der Waals surface area contributed by atoms with E-state index in [9.17, 15) is 13.2 Å². The van der Waals surface area contributed by atoms with Crippen molar-refractivity contribution in [2.75, 3.05) is 11.9 Å². The highest BCUT2D eigenvalue weighted by Gasteiger charge is 2.37. The van der Waals surface area contributed by atoms with Crippen LogP contribution in [0.15, 0.2) is 64.9 Å². The van der Waals surface area contributed by atoms with Crippen molar-refractivity contribution >= 4 is 33.0 Å². The highest BCUT2D eigenvalue weighted by Crippen LogP contribution is 2.28. The number of aromatic nitrogens is 1. The van der Waals surface area contributed by atoms with Crippen molar-refractivity contribution in [3.63, 3.8) is 0 Å². The van der Waals surface area contributed by atoms with Gasteiger partial charge in [-0.15, -0.1) is 11.3 Å². The fraction of sp³-hybridized carbons (Fsp3) is 0.273. The first-order valence-corrected chi connectivity index (χ1v) is 12.2. The Morgan fingerprint density at radius 3 is 2.67 bits per heavy atom. The van der Waals surface area contributed by atoms with Gasteiger partial charge in [-0.3, -0.25) is 4.79 Å². The average Bonchev–Trinajstić information content (AvgIpc) is 3.21. The number of carbonyl (C=O) groups excluding carboxylic acids is 1. The first-order chi connectivity index (χ1) is 14.4. The van der Waals surface area contributed by atoms with Gasteiger partial charge >= 0.3 is 0 Å². The molecular weight excluding hydrogens is 418 g/mol. The maximum atomic E-state index is 13.1. The van der Waals surface area contributed by atoms with Crippen molar-refractivity contribution in [3.8, 4) is 11.3 Å². The van der Waals surface area contributed by atoms with Gasteiger partial charge in [-0.05, 0) is 44.0 Å². The summed E-state index contributed by atoms with van der Waals surface area (Å²) in [5.74, 6) is -0.305. The molecule has 0 spiro atoms. The van der Waals surface area contributed by atoms with Crippen LogP contribution in [0.4, 0.5) is 5.69 Å². The first kappa shape index (κ1) is 20.7. The Morgan fingerprint density at radius 2 is 1.93 bits per heavy atom. The average molecular weight is 442 g/mol. The van der Waals surface area contributed by atoms with E-state index in [1.807, 2.05) is 30.5 Å². The number of rotatable bonds is 5. The lowest BCUT2D eigenvalue weighted by molar-refractivity contribution is -0.120. The lowest BCUT2D eigenvalue weighted by atomic mass is 10.0. The van der Waals surface area contributed by atoms with Crippen molar-refractivity contribution in [2.24, 2.45) is 0 Å². The highest BCUT2D eigenvalue weighted by atomic mass is 32.2. The largest absolute Gasteiger partial charge is 0.325 e. The fourth-order valence-electron chi connectivity index (χ4n) is 3.66. The predicted molar refractivity (Wildman–Crippen MR) is 119 cm³/mol. The van der Waals surface area contributed by atoms with Crippen LogP contribution in [0, 0.1) is 6.92 Å². The lowest BCUT2D eigenvalue weighted by Gasteiger charge is -2.33. The Balaban J connectivity index is 1.56. The number of aryl methyl sites for hydroxylation is 1. The SMILES string of the molecule is Cc1nc(-c2cccc(NC(=O)[C@@H]3CCCCN3S(=O)(=O)c3ccccc3)c2)cs1. The Labute approximate surface area is 180 Å². The Bertz CT molecular complexity index is 1140. The molecule has 0 saturated carbocycles. The van der Waals surface area contributed by atoms with Gasteiger partial charge in [0.1, 0.15) is 6.04 Å². The number of hydrogen-bond acceptors (Lipinski definition) is 5. The maximum absolute atomic E-state index is 13.1. The number of thiazole rings is 1. The summed E-state index contributed by atoms with van der Waals surface area (Å²) in [4.78, 5) is 17.8. The second kappa shape index (κ2) is 8.67. The second-order valence-electron chi connectivity index (χ2n) is 7.26. The van der Waals surface area contributed by atoms with Gasteiger partial charge in [0.15, 0.2) is 0 Å². The van der Waals surface area contributed by atoms with Crippen LogP contribution < -0.4 is 5.32 Å². The van der Waals surface area contributed by atoms with Gasteiger partial charge in [-0.1, -0.05) is 36.8 Å². The van der Waals surface area contributed by atoms with Gasteiger partial charge in [-0.25, -0.2) is 13.4 Å². The fourth-order valence-corrected chi connectivity index (χ4v) is 5.96. The number of piperidine rings is 1. The number of nitrogens with one attached hydrogen (secondary N) is 1. The third kappa shape index (κ3) is 4.30. The highest BCUT2D eigenvalue weighted by molar-refractivity contribution is 7.89. The molecule has 1 atom stereocenters. The summed E-state index contributed by atoms with van der Waals surface area (Å²) in [6, 6.07) is 15.0. The van der Waals surface area contributed by atoms with Gasteiger partial charge in [-0.2, -0.15) is 4.31 Å². The van der Waals surface area contributed by atoms with Crippen LogP contribution in [-0.4, -0.2) is 36.2 Å². The molecule has 8 heteroatoms. The summed E-state index contributed by atoms with van der Waals surface area (Å²) in [5, 5.41) is 5.87. The molecule has 1 aliphatic heterocycles. The Kier molecular flexibility index (Phi) is 5.99. The van der Waals surface area contributed by atoms with E-state index >= 15 is 0 Å². The van der Waals surface area contributed by atoms with Crippen LogP contribution >= 0.6 is 11.3 Å². The molecule has 1 amide bonds. The molecule has 4 rings (SSSR count). The minimum absolute atomic E-state index is 0.214. The smallest absolute Gasteiger partial charge is 0.243 e. The molecule has 0 unspecified atom stereocenters. The number of hydrogen-bond donors (Lipinski definition) is 1. The van der Waals surface area contributed by atoms with Crippen molar-refractivity contribution in [1.82, 2.24) is 9.29 Å². The molecule has 1 N–H and O–H groups in total. The van der Waals surface area contributed by atoms with Gasteiger partial charge in [0.2, 0.25) is 15.9 Å². The minimum Gasteiger partial charge on any atom is -0.325 e. The number of carbonyl (C=O) groups is 1. The first-order valence-electron chi connectivity index (χ1n) is 9.85. The van der Waals surface area contributed by atoms with Gasteiger partial charge < -0.3 is 5.32 Å². The van der Waals surface area contributed by atoms with Crippen LogP contribution in [0.3, 0.4) is 0 Å². The molecule has 1 aromatic heterocycles. The Hall–Kier alpha value is -2.55. The number of nitrogens with zero attached hydrogens (tertiary/aromatic N) is 2. The van der Waals surface area contributed by atoms with Crippen molar-refractivity contribution in [2.45, 2.75) is 37.1 Å². The predicted octanol–water partition coefficient (Wildman–Crippen LogP) is 4.30. The maximum Gasteiger partial charge on any atom is 0.243 e. The molecule has 30 heavy (non-hydrogen) atoms. The molecule has 1 fully saturated rings. The molecule has 2 heterocycles. The zero-order valence-electron chi connectivity index (χ0n) is 16.6. The standard InChI is InChI=1S/C22H23N3O3S2/c1-16-23-20(15-29-16)17-8-7-9-18(14-17)24-22(26)21-12-5-6-13-25(21)30(27,28)19-10-3-2-4-11-19/h2-4,7-11,14-15,21H,5-6,12-13H2,1H3,(H,24,26)/t21-/m0/s1. The lowest BCUT2D eigenvalue weighted by Crippen LogP contribution is -2.49. The van der Waals surface area contributed by atoms with E-state index in [0.717, 1.165) is 29.1 Å². The molecular formula is C22H23N3O3S2. The number of anilines is 1. The summed E-state index contributed by atoms with van der Waals surface area (Å²) >= 11 is 1.57. The number of sulfonamides is 1. The number of benzene rings is 2. The van der Waals surface area contributed by atoms with Crippen molar-refractivity contribution in [1.29, 1.82) is 0 Å². The summed E-state index contributed by atoms with van der Waals surface area (Å²) in [7, 11) is -3.73. The molecule has 1 aliphatic rings.